The van der Waals surface area contributed by atoms with Crippen LogP contribution in [0.25, 0.3) is 0 Å². The molecule has 0 radical (unpaired) electrons. The predicted molar refractivity (Wildman–Crippen MR) is 75.8 cm³/mol. The average molecular weight is 286 g/mol. The number of ether oxygens (including phenoxy) is 1. The zero-order valence-electron chi connectivity index (χ0n) is 11.5. The van der Waals surface area contributed by atoms with Gasteiger partial charge in [-0.05, 0) is 31.5 Å². The molecule has 0 bridgehead atoms. The number of amides is 1. The molecule has 0 fully saturated rings. The second-order valence-electron chi connectivity index (χ2n) is 4.41. The molecule has 5 heteroatoms. The molecular weight excluding hydrogens is 266 g/mol. The number of phenols is 1. The Kier molecular flexibility index (Phi) is 6.12. The Morgan fingerprint density at radius 1 is 1.53 bits per heavy atom. The summed E-state index contributed by atoms with van der Waals surface area (Å²) < 4.78 is 5.02. The van der Waals surface area contributed by atoms with E-state index in [1.165, 1.54) is 12.1 Å². The third kappa shape index (κ3) is 4.11. The molecule has 4 nitrogen and oxygen atoms in total. The fraction of sp³-hybridized carbons (Fsp3) is 0.500. The van der Waals surface area contributed by atoms with Gasteiger partial charge in [0.15, 0.2) is 0 Å². The molecule has 0 aliphatic carbocycles. The topological polar surface area (TPSA) is 49.8 Å². The number of nitrogens with zero attached hydrogens (tertiary/aromatic N) is 1. The lowest BCUT2D eigenvalue weighted by molar-refractivity contribution is 0.0611. The summed E-state index contributed by atoms with van der Waals surface area (Å²) in [5.74, 6) is -0.286. The molecule has 1 unspecified atom stereocenters. The minimum absolute atomic E-state index is 0.0554. The van der Waals surface area contributed by atoms with Crippen LogP contribution in [0.4, 0.5) is 0 Å². The SMILES string of the molecule is CCC(C)N(CCOC)C(=O)c1cc(Cl)ccc1O. The van der Waals surface area contributed by atoms with Gasteiger partial charge in [-0.15, -0.1) is 0 Å². The van der Waals surface area contributed by atoms with Crippen LogP contribution in [0.5, 0.6) is 5.75 Å². The Hall–Kier alpha value is -1.26. The fourth-order valence-electron chi connectivity index (χ4n) is 1.77. The molecule has 1 N–H and O–H groups in total. The summed E-state index contributed by atoms with van der Waals surface area (Å²) in [6.07, 6.45) is 0.830. The van der Waals surface area contributed by atoms with Crippen LogP contribution in [0.1, 0.15) is 30.6 Å². The summed E-state index contributed by atoms with van der Waals surface area (Å²) >= 11 is 5.88. The van der Waals surface area contributed by atoms with Crippen molar-refractivity contribution in [2.24, 2.45) is 0 Å². The van der Waals surface area contributed by atoms with Gasteiger partial charge in [0, 0.05) is 24.7 Å². The standard InChI is InChI=1S/C14H20ClNO3/c1-4-10(2)16(7-8-19-3)14(18)12-9-11(15)5-6-13(12)17/h5-6,9-10,17H,4,7-8H2,1-3H3. The monoisotopic (exact) mass is 285 g/mol. The zero-order chi connectivity index (χ0) is 14.4. The molecule has 0 saturated carbocycles. The third-order valence-electron chi connectivity index (χ3n) is 3.11. The largest absolute Gasteiger partial charge is 0.507 e. The molecule has 106 valence electrons. The highest BCUT2D eigenvalue weighted by Gasteiger charge is 2.22. The maximum atomic E-state index is 12.5. The number of benzene rings is 1. The van der Waals surface area contributed by atoms with Crippen molar-refractivity contribution >= 4 is 17.5 Å². The maximum absolute atomic E-state index is 12.5. The lowest BCUT2D eigenvalue weighted by Gasteiger charge is -2.28. The van der Waals surface area contributed by atoms with Crippen molar-refractivity contribution in [3.8, 4) is 5.75 Å². The maximum Gasteiger partial charge on any atom is 0.257 e. The van der Waals surface area contributed by atoms with E-state index in [1.54, 1.807) is 18.1 Å². The van der Waals surface area contributed by atoms with Gasteiger partial charge in [-0.1, -0.05) is 18.5 Å². The van der Waals surface area contributed by atoms with Gasteiger partial charge in [-0.3, -0.25) is 4.79 Å². The molecule has 1 atom stereocenters. The Balaban J connectivity index is 3.00. The highest BCUT2D eigenvalue weighted by Crippen LogP contribution is 2.24. The van der Waals surface area contributed by atoms with E-state index in [2.05, 4.69) is 0 Å². The summed E-state index contributed by atoms with van der Waals surface area (Å²) in [5.41, 5.74) is 0.226. The Labute approximate surface area is 118 Å². The molecule has 0 spiro atoms. The highest BCUT2D eigenvalue weighted by molar-refractivity contribution is 6.31. The minimum Gasteiger partial charge on any atom is -0.507 e. The number of phenolic OH excluding ortho intramolecular Hbond substituents is 1. The molecule has 0 heterocycles. The van der Waals surface area contributed by atoms with E-state index in [0.29, 0.717) is 18.2 Å². The number of carbonyl (C=O) groups is 1. The number of methoxy groups -OCH3 is 1. The van der Waals surface area contributed by atoms with Crippen LogP contribution < -0.4 is 0 Å². The van der Waals surface area contributed by atoms with Gasteiger partial charge < -0.3 is 14.7 Å². The van der Waals surface area contributed by atoms with Crippen LogP contribution >= 0.6 is 11.6 Å². The number of aromatic hydroxyl groups is 1. The molecule has 1 rings (SSSR count). The summed E-state index contributed by atoms with van der Waals surface area (Å²) in [4.78, 5) is 14.2. The normalized spacial score (nSPS) is 12.2. The first-order chi connectivity index (χ1) is 9.01. The molecule has 1 aromatic rings. The van der Waals surface area contributed by atoms with E-state index in [0.717, 1.165) is 6.42 Å². The van der Waals surface area contributed by atoms with Gasteiger partial charge in [-0.2, -0.15) is 0 Å². The van der Waals surface area contributed by atoms with Crippen LogP contribution in [0.3, 0.4) is 0 Å². The minimum atomic E-state index is -0.230. The van der Waals surface area contributed by atoms with Gasteiger partial charge in [0.05, 0.1) is 12.2 Å². The lowest BCUT2D eigenvalue weighted by Crippen LogP contribution is -2.40. The second kappa shape index (κ2) is 7.36. The van der Waals surface area contributed by atoms with E-state index < -0.39 is 0 Å². The Morgan fingerprint density at radius 2 is 2.21 bits per heavy atom. The van der Waals surface area contributed by atoms with E-state index in [-0.39, 0.29) is 23.3 Å². The van der Waals surface area contributed by atoms with Crippen molar-refractivity contribution in [3.05, 3.63) is 28.8 Å². The van der Waals surface area contributed by atoms with Crippen molar-refractivity contribution in [3.63, 3.8) is 0 Å². The Bertz CT molecular complexity index is 437. The van der Waals surface area contributed by atoms with Gasteiger partial charge >= 0.3 is 0 Å². The predicted octanol–water partition coefficient (Wildman–Crippen LogP) is 2.93. The van der Waals surface area contributed by atoms with E-state index >= 15 is 0 Å². The quantitative estimate of drug-likeness (QED) is 0.874. The van der Waals surface area contributed by atoms with Crippen LogP contribution in [0.15, 0.2) is 18.2 Å². The van der Waals surface area contributed by atoms with E-state index in [9.17, 15) is 9.90 Å². The molecule has 1 aromatic carbocycles. The van der Waals surface area contributed by atoms with Crippen LogP contribution in [-0.2, 0) is 4.74 Å². The van der Waals surface area contributed by atoms with Crippen molar-refractivity contribution in [1.82, 2.24) is 4.90 Å². The number of rotatable bonds is 6. The van der Waals surface area contributed by atoms with E-state index in [1.807, 2.05) is 13.8 Å². The second-order valence-corrected chi connectivity index (χ2v) is 4.85. The molecule has 0 aliphatic heterocycles. The molecular formula is C14H20ClNO3. The van der Waals surface area contributed by atoms with Crippen molar-refractivity contribution in [1.29, 1.82) is 0 Å². The van der Waals surface area contributed by atoms with Gasteiger partial charge in [0.1, 0.15) is 5.75 Å². The molecule has 0 aliphatic rings. The molecule has 0 aromatic heterocycles. The Morgan fingerprint density at radius 3 is 2.79 bits per heavy atom. The molecule has 1 amide bonds. The van der Waals surface area contributed by atoms with Gasteiger partial charge in [0.2, 0.25) is 0 Å². The number of hydrogen-bond donors (Lipinski definition) is 1. The zero-order valence-corrected chi connectivity index (χ0v) is 12.3. The number of halogens is 1. The average Bonchev–Trinajstić information content (AvgIpc) is 2.41. The molecule has 0 saturated heterocycles. The summed E-state index contributed by atoms with van der Waals surface area (Å²) in [6, 6.07) is 4.54. The lowest BCUT2D eigenvalue weighted by atomic mass is 10.1. The molecule has 19 heavy (non-hydrogen) atoms. The van der Waals surface area contributed by atoms with Crippen molar-refractivity contribution in [2.75, 3.05) is 20.3 Å². The van der Waals surface area contributed by atoms with Crippen molar-refractivity contribution < 1.29 is 14.6 Å². The fourth-order valence-corrected chi connectivity index (χ4v) is 1.94. The first-order valence-corrected chi connectivity index (χ1v) is 6.67. The first-order valence-electron chi connectivity index (χ1n) is 6.29. The van der Waals surface area contributed by atoms with Crippen LogP contribution in [0.2, 0.25) is 5.02 Å². The van der Waals surface area contributed by atoms with E-state index in [4.69, 9.17) is 16.3 Å². The smallest absolute Gasteiger partial charge is 0.257 e. The summed E-state index contributed by atoms with van der Waals surface area (Å²) in [6.45, 7) is 4.92. The van der Waals surface area contributed by atoms with Crippen LogP contribution in [0, 0.1) is 0 Å². The number of carbonyl (C=O) groups excluding carboxylic acids is 1. The third-order valence-corrected chi connectivity index (χ3v) is 3.34. The number of hydrogen-bond acceptors (Lipinski definition) is 3. The summed E-state index contributed by atoms with van der Waals surface area (Å²) in [7, 11) is 1.59. The highest BCUT2D eigenvalue weighted by atomic mass is 35.5. The van der Waals surface area contributed by atoms with Gasteiger partial charge in [0.25, 0.3) is 5.91 Å². The van der Waals surface area contributed by atoms with Crippen LogP contribution in [-0.4, -0.2) is 42.2 Å². The van der Waals surface area contributed by atoms with Gasteiger partial charge in [-0.25, -0.2) is 0 Å². The summed E-state index contributed by atoms with van der Waals surface area (Å²) in [5, 5.41) is 10.2. The first kappa shape index (κ1) is 15.8. The van der Waals surface area contributed by atoms with Crippen molar-refractivity contribution in [2.45, 2.75) is 26.3 Å².